The van der Waals surface area contributed by atoms with Crippen LogP contribution in [0.2, 0.25) is 0 Å². The van der Waals surface area contributed by atoms with Crippen LogP contribution in [0.25, 0.3) is 85.7 Å². The third-order valence-corrected chi connectivity index (χ3v) is 9.53. The Morgan fingerprint density at radius 1 is 0.400 bits per heavy atom. The number of rotatable bonds is 2. The molecule has 40 heavy (non-hydrogen) atoms. The van der Waals surface area contributed by atoms with Crippen molar-refractivity contribution in [1.29, 1.82) is 0 Å². The minimum Gasteiger partial charge on any atom is -0.462 e. The van der Waals surface area contributed by atoms with Crippen molar-refractivity contribution < 1.29 is 4.42 Å². The minimum absolute atomic E-state index is 0.972. The van der Waals surface area contributed by atoms with Gasteiger partial charge in [0.05, 0.1) is 11.0 Å². The fraction of sp³-hybridized carbons (Fsp3) is 0. The van der Waals surface area contributed by atoms with Crippen LogP contribution < -0.4 is 0 Å². The molecule has 0 bridgehead atoms. The molecule has 186 valence electrons. The van der Waals surface area contributed by atoms with Crippen LogP contribution in [0.3, 0.4) is 0 Å². The van der Waals surface area contributed by atoms with Crippen LogP contribution in [0.4, 0.5) is 0 Å². The zero-order valence-electron chi connectivity index (χ0n) is 21.5. The Kier molecular flexibility index (Phi) is 4.55. The number of benzene rings is 7. The highest BCUT2D eigenvalue weighted by Crippen LogP contribution is 2.48. The van der Waals surface area contributed by atoms with Crippen LogP contribution >= 0.6 is 11.3 Å². The van der Waals surface area contributed by atoms with E-state index in [0.29, 0.717) is 0 Å². The Bertz CT molecular complexity index is 2380. The van der Waals surface area contributed by atoms with Crippen molar-refractivity contribution in [3.63, 3.8) is 0 Å². The molecule has 0 atom stereocenters. The normalized spacial score (nSPS) is 12.0. The summed E-state index contributed by atoms with van der Waals surface area (Å²) in [4.78, 5) is 0. The third kappa shape index (κ3) is 2.97. The lowest BCUT2D eigenvalue weighted by Crippen LogP contribution is -1.91. The Hall–Kier alpha value is -4.92. The molecule has 9 aromatic rings. The third-order valence-electron chi connectivity index (χ3n) is 8.35. The second kappa shape index (κ2) is 8.29. The summed E-state index contributed by atoms with van der Waals surface area (Å²) in [6.45, 7) is 0. The van der Waals surface area contributed by atoms with Gasteiger partial charge in [-0.15, -0.1) is 11.3 Å². The van der Waals surface area contributed by atoms with Gasteiger partial charge in [-0.1, -0.05) is 115 Å². The van der Waals surface area contributed by atoms with Crippen LogP contribution in [0.15, 0.2) is 138 Å². The molecule has 7 aromatic carbocycles. The van der Waals surface area contributed by atoms with Crippen LogP contribution in [0.1, 0.15) is 0 Å². The largest absolute Gasteiger partial charge is 0.462 e. The first-order valence-electron chi connectivity index (χ1n) is 13.6. The highest BCUT2D eigenvalue weighted by molar-refractivity contribution is 7.26. The van der Waals surface area contributed by atoms with Gasteiger partial charge in [0.1, 0.15) is 0 Å². The first-order chi connectivity index (χ1) is 19.9. The standard InChI is InChI=1S/C38H22OS/c1-2-12-24-23(10-1)11-9-18-26(24)35-27-14-3-5-16-29(27)36(30-17-6-4-15-28(30)35)33-22-39-37-31(33)20-21-32-25-13-7-8-19-34(25)40-38(32)37/h1-22H. The van der Waals surface area contributed by atoms with Crippen molar-refractivity contribution >= 4 is 74.8 Å². The second-order valence-corrected chi connectivity index (χ2v) is 11.5. The summed E-state index contributed by atoms with van der Waals surface area (Å²) in [6, 6.07) is 46.2. The van der Waals surface area contributed by atoms with E-state index in [0.717, 1.165) is 16.5 Å². The maximum Gasteiger partial charge on any atom is 0.152 e. The van der Waals surface area contributed by atoms with Gasteiger partial charge in [-0.05, 0) is 55.6 Å². The van der Waals surface area contributed by atoms with Gasteiger partial charge < -0.3 is 4.42 Å². The average molecular weight is 527 g/mol. The van der Waals surface area contributed by atoms with Crippen molar-refractivity contribution in [1.82, 2.24) is 0 Å². The molecule has 0 saturated heterocycles. The summed E-state index contributed by atoms with van der Waals surface area (Å²) in [5, 5.41) is 11.2. The molecule has 0 amide bonds. The number of thiophene rings is 1. The van der Waals surface area contributed by atoms with E-state index in [2.05, 4.69) is 127 Å². The molecule has 0 aliphatic rings. The molecule has 2 heteroatoms. The van der Waals surface area contributed by atoms with Crippen molar-refractivity contribution in [2.75, 3.05) is 0 Å². The molecule has 9 rings (SSSR count). The zero-order valence-corrected chi connectivity index (χ0v) is 22.3. The average Bonchev–Trinajstić information content (AvgIpc) is 3.61. The Morgan fingerprint density at radius 3 is 1.68 bits per heavy atom. The maximum atomic E-state index is 6.43. The van der Waals surface area contributed by atoms with Crippen LogP contribution in [-0.4, -0.2) is 0 Å². The van der Waals surface area contributed by atoms with Crippen LogP contribution in [0.5, 0.6) is 0 Å². The van der Waals surface area contributed by atoms with Crippen LogP contribution in [0, 0.1) is 0 Å². The molecule has 2 heterocycles. The predicted octanol–water partition coefficient (Wildman–Crippen LogP) is 11.6. The smallest absolute Gasteiger partial charge is 0.152 e. The topological polar surface area (TPSA) is 13.1 Å². The number of hydrogen-bond donors (Lipinski definition) is 0. The Labute approximate surface area is 234 Å². The molecular formula is C38H22OS. The van der Waals surface area contributed by atoms with Gasteiger partial charge >= 0.3 is 0 Å². The van der Waals surface area contributed by atoms with E-state index in [1.807, 2.05) is 17.6 Å². The maximum absolute atomic E-state index is 6.43. The molecule has 0 aliphatic carbocycles. The first kappa shape index (κ1) is 22.0. The van der Waals surface area contributed by atoms with E-state index >= 15 is 0 Å². The van der Waals surface area contributed by atoms with Gasteiger partial charge in [0.25, 0.3) is 0 Å². The van der Waals surface area contributed by atoms with Gasteiger partial charge in [0, 0.05) is 32.0 Å². The highest BCUT2D eigenvalue weighted by atomic mass is 32.1. The molecule has 0 aliphatic heterocycles. The van der Waals surface area contributed by atoms with E-state index in [9.17, 15) is 0 Å². The number of fused-ring (bicyclic) bond motifs is 8. The summed E-state index contributed by atoms with van der Waals surface area (Å²) in [7, 11) is 0. The molecule has 0 saturated carbocycles. The zero-order chi connectivity index (χ0) is 26.2. The minimum atomic E-state index is 0.972. The molecule has 1 nitrogen and oxygen atoms in total. The lowest BCUT2D eigenvalue weighted by molar-refractivity contribution is 0.621. The van der Waals surface area contributed by atoms with Crippen molar-refractivity contribution in [3.8, 4) is 22.3 Å². The summed E-state index contributed by atoms with van der Waals surface area (Å²) < 4.78 is 8.93. The van der Waals surface area contributed by atoms with Gasteiger partial charge in [0.15, 0.2) is 5.58 Å². The van der Waals surface area contributed by atoms with Gasteiger partial charge in [-0.3, -0.25) is 0 Å². The van der Waals surface area contributed by atoms with Crippen molar-refractivity contribution in [3.05, 3.63) is 134 Å². The van der Waals surface area contributed by atoms with Gasteiger partial charge in [-0.25, -0.2) is 0 Å². The number of furan rings is 1. The molecular weight excluding hydrogens is 504 g/mol. The first-order valence-corrected chi connectivity index (χ1v) is 14.4. The molecule has 2 aromatic heterocycles. The fourth-order valence-corrected chi connectivity index (χ4v) is 7.81. The van der Waals surface area contributed by atoms with E-state index in [1.54, 1.807) is 0 Å². The summed E-state index contributed by atoms with van der Waals surface area (Å²) in [5.41, 5.74) is 5.90. The summed E-state index contributed by atoms with van der Waals surface area (Å²) in [6.07, 6.45) is 1.97. The monoisotopic (exact) mass is 526 g/mol. The lowest BCUT2D eigenvalue weighted by Gasteiger charge is -2.18. The fourth-order valence-electron chi connectivity index (χ4n) is 6.62. The Morgan fingerprint density at radius 2 is 0.950 bits per heavy atom. The lowest BCUT2D eigenvalue weighted by atomic mass is 9.84. The highest BCUT2D eigenvalue weighted by Gasteiger charge is 2.21. The Balaban J connectivity index is 1.42. The molecule has 0 radical (unpaired) electrons. The van der Waals surface area contributed by atoms with E-state index < -0.39 is 0 Å². The van der Waals surface area contributed by atoms with Crippen molar-refractivity contribution in [2.45, 2.75) is 0 Å². The summed E-state index contributed by atoms with van der Waals surface area (Å²) in [5.74, 6) is 0. The van der Waals surface area contributed by atoms with Gasteiger partial charge in [-0.2, -0.15) is 0 Å². The molecule has 0 N–H and O–H groups in total. The molecule has 0 unspecified atom stereocenters. The number of hydrogen-bond acceptors (Lipinski definition) is 2. The van der Waals surface area contributed by atoms with Crippen molar-refractivity contribution in [2.24, 2.45) is 0 Å². The molecule has 0 spiro atoms. The quantitative estimate of drug-likeness (QED) is 0.204. The molecule has 0 fully saturated rings. The van der Waals surface area contributed by atoms with E-state index in [1.165, 1.54) is 69.2 Å². The summed E-state index contributed by atoms with van der Waals surface area (Å²) >= 11 is 1.81. The van der Waals surface area contributed by atoms with Crippen LogP contribution in [-0.2, 0) is 0 Å². The second-order valence-electron chi connectivity index (χ2n) is 10.4. The van der Waals surface area contributed by atoms with Gasteiger partial charge in [0.2, 0.25) is 0 Å². The SMILES string of the molecule is c1ccc2c(-c3c4ccccc4c(-c4coc5c4ccc4c6ccccc6sc45)c4ccccc34)cccc2c1. The van der Waals surface area contributed by atoms with E-state index in [4.69, 9.17) is 4.42 Å². The van der Waals surface area contributed by atoms with E-state index in [-0.39, 0.29) is 0 Å². The predicted molar refractivity (Wildman–Crippen MR) is 172 cm³/mol.